The first-order chi connectivity index (χ1) is 6.09. The lowest BCUT2D eigenvalue weighted by Gasteiger charge is -1.94. The van der Waals surface area contributed by atoms with Crippen LogP contribution in [-0.2, 0) is 0 Å². The fourth-order valence-electron chi connectivity index (χ4n) is 1.02. The number of aromatic nitrogens is 3. The molecular weight excluding hydrogens is 417 g/mol. The quantitative estimate of drug-likeness (QED) is 0.391. The van der Waals surface area contributed by atoms with Crippen LogP contribution in [0, 0.1) is 7.53 Å². The third-order valence-corrected chi connectivity index (χ3v) is 3.18. The van der Waals surface area contributed by atoms with Crippen LogP contribution in [0.2, 0.25) is 5.15 Å². The van der Waals surface area contributed by atoms with Gasteiger partial charge in [-0.1, -0.05) is 11.6 Å². The van der Waals surface area contributed by atoms with Crippen LogP contribution in [0.1, 0.15) is 0 Å². The molecule has 0 unspecified atom stereocenters. The van der Waals surface area contributed by atoms with E-state index in [1.807, 2.05) is 22.6 Å². The SMILES string of the molecule is Nc1c(I)[nH]c2nc(I)nc(Cl)c12. The molecule has 0 radical (unpaired) electrons. The highest BCUT2D eigenvalue weighted by Gasteiger charge is 2.12. The second kappa shape index (κ2) is 3.39. The molecule has 2 rings (SSSR count). The molecule has 3 N–H and O–H groups in total. The van der Waals surface area contributed by atoms with Crippen molar-refractivity contribution < 1.29 is 0 Å². The molecule has 0 aromatic carbocycles. The first-order valence-electron chi connectivity index (χ1n) is 3.25. The summed E-state index contributed by atoms with van der Waals surface area (Å²) in [6.45, 7) is 0. The standard InChI is InChI=1S/C6H3ClI2N4/c7-3-1-2(10)4(8)12-5(1)13-6(9)11-3/h10H2,(H,11,12,13). The summed E-state index contributed by atoms with van der Waals surface area (Å²) in [7, 11) is 0. The van der Waals surface area contributed by atoms with Crippen molar-refractivity contribution in [3.63, 3.8) is 0 Å². The summed E-state index contributed by atoms with van der Waals surface area (Å²) < 4.78 is 1.44. The van der Waals surface area contributed by atoms with E-state index in [-0.39, 0.29) is 0 Å². The molecule has 4 nitrogen and oxygen atoms in total. The number of nitrogen functional groups attached to an aromatic ring is 1. The molecule has 0 aliphatic heterocycles. The predicted molar refractivity (Wildman–Crippen MR) is 68.7 cm³/mol. The number of anilines is 1. The van der Waals surface area contributed by atoms with Crippen molar-refractivity contribution >= 4 is 73.5 Å². The van der Waals surface area contributed by atoms with Crippen LogP contribution in [0.4, 0.5) is 5.69 Å². The van der Waals surface area contributed by atoms with E-state index >= 15 is 0 Å². The first kappa shape index (κ1) is 9.71. The van der Waals surface area contributed by atoms with Crippen LogP contribution in [0.15, 0.2) is 0 Å². The number of aromatic amines is 1. The maximum Gasteiger partial charge on any atom is 0.194 e. The van der Waals surface area contributed by atoms with Crippen LogP contribution in [-0.4, -0.2) is 15.0 Å². The van der Waals surface area contributed by atoms with E-state index in [1.165, 1.54) is 0 Å². The average molecular weight is 420 g/mol. The molecular formula is C6H3ClI2N4. The molecule has 0 aliphatic rings. The van der Waals surface area contributed by atoms with Crippen molar-refractivity contribution in [3.8, 4) is 0 Å². The minimum atomic E-state index is 0.395. The summed E-state index contributed by atoms with van der Waals surface area (Å²) in [6, 6.07) is 0. The van der Waals surface area contributed by atoms with Gasteiger partial charge in [0, 0.05) is 22.6 Å². The van der Waals surface area contributed by atoms with Crippen molar-refractivity contribution in [2.45, 2.75) is 0 Å². The second-order valence-electron chi connectivity index (χ2n) is 2.36. The molecule has 0 spiro atoms. The minimum absolute atomic E-state index is 0.395. The van der Waals surface area contributed by atoms with Gasteiger partial charge in [-0.15, -0.1) is 0 Å². The summed E-state index contributed by atoms with van der Waals surface area (Å²) in [4.78, 5) is 11.2. The van der Waals surface area contributed by atoms with Crippen molar-refractivity contribution in [1.82, 2.24) is 15.0 Å². The fourth-order valence-corrected chi connectivity index (χ4v) is 2.44. The molecule has 2 heterocycles. The second-order valence-corrected chi connectivity index (χ2v) is 4.76. The maximum absolute atomic E-state index is 5.92. The molecule has 0 saturated carbocycles. The number of fused-ring (bicyclic) bond motifs is 1. The van der Waals surface area contributed by atoms with E-state index in [0.717, 1.165) is 3.70 Å². The monoisotopic (exact) mass is 420 g/mol. The average Bonchev–Trinajstić information content (AvgIpc) is 2.27. The summed E-state index contributed by atoms with van der Waals surface area (Å²) >= 11 is 10.0. The maximum atomic E-state index is 5.92. The largest absolute Gasteiger partial charge is 0.396 e. The molecule has 0 bridgehead atoms. The third-order valence-electron chi connectivity index (χ3n) is 1.57. The highest BCUT2D eigenvalue weighted by molar-refractivity contribution is 14.1. The Morgan fingerprint density at radius 2 is 2.00 bits per heavy atom. The number of nitrogens with one attached hydrogen (secondary N) is 1. The number of rotatable bonds is 0. The minimum Gasteiger partial charge on any atom is -0.396 e. The third kappa shape index (κ3) is 1.59. The summed E-state index contributed by atoms with van der Waals surface area (Å²) in [5.41, 5.74) is 7.08. The van der Waals surface area contributed by atoms with Crippen LogP contribution in [0.25, 0.3) is 11.0 Å². The Kier molecular flexibility index (Phi) is 2.53. The lowest BCUT2D eigenvalue weighted by molar-refractivity contribution is 1.13. The van der Waals surface area contributed by atoms with Gasteiger partial charge in [0.25, 0.3) is 0 Å². The number of nitrogens with two attached hydrogens (primary N) is 1. The Hall–Kier alpha value is 0.170. The molecule has 0 atom stereocenters. The molecule has 0 aliphatic carbocycles. The van der Waals surface area contributed by atoms with Gasteiger partial charge in [-0.3, -0.25) is 0 Å². The van der Waals surface area contributed by atoms with E-state index in [2.05, 4.69) is 37.5 Å². The lowest BCUT2D eigenvalue weighted by atomic mass is 10.4. The molecule has 13 heavy (non-hydrogen) atoms. The summed E-state index contributed by atoms with van der Waals surface area (Å²) in [5.74, 6) is 0. The van der Waals surface area contributed by atoms with Crippen LogP contribution in [0.3, 0.4) is 0 Å². The highest BCUT2D eigenvalue weighted by Crippen LogP contribution is 2.29. The number of hydrogen-bond donors (Lipinski definition) is 2. The Balaban J connectivity index is 2.94. The zero-order chi connectivity index (χ0) is 9.59. The van der Waals surface area contributed by atoms with E-state index in [0.29, 0.717) is 25.7 Å². The number of hydrogen-bond acceptors (Lipinski definition) is 3. The van der Waals surface area contributed by atoms with Crippen molar-refractivity contribution in [2.75, 3.05) is 5.73 Å². The molecule has 7 heteroatoms. The highest BCUT2D eigenvalue weighted by atomic mass is 127. The number of nitrogens with zero attached hydrogens (tertiary/aromatic N) is 2. The van der Waals surface area contributed by atoms with Crippen molar-refractivity contribution in [2.24, 2.45) is 0 Å². The van der Waals surface area contributed by atoms with Gasteiger partial charge in [-0.2, -0.15) is 0 Å². The smallest absolute Gasteiger partial charge is 0.194 e. The van der Waals surface area contributed by atoms with Gasteiger partial charge in [-0.05, 0) is 22.6 Å². The van der Waals surface area contributed by atoms with Gasteiger partial charge in [-0.25, -0.2) is 9.97 Å². The summed E-state index contributed by atoms with van der Waals surface area (Å²) in [5, 5.41) is 1.09. The van der Waals surface area contributed by atoms with Gasteiger partial charge in [0.15, 0.2) is 3.83 Å². The van der Waals surface area contributed by atoms with Crippen molar-refractivity contribution in [1.29, 1.82) is 0 Å². The molecule has 2 aromatic rings. The Morgan fingerprint density at radius 3 is 2.69 bits per heavy atom. The Labute approximate surface area is 106 Å². The van der Waals surface area contributed by atoms with Gasteiger partial charge in [0.1, 0.15) is 14.5 Å². The fraction of sp³-hybridized carbons (Fsp3) is 0. The normalized spacial score (nSPS) is 11.0. The van der Waals surface area contributed by atoms with E-state index in [1.54, 1.807) is 0 Å². The molecule has 0 saturated heterocycles. The zero-order valence-corrected chi connectivity index (χ0v) is 11.2. The Bertz CT molecular complexity index is 481. The van der Waals surface area contributed by atoms with E-state index < -0.39 is 0 Å². The van der Waals surface area contributed by atoms with E-state index in [4.69, 9.17) is 17.3 Å². The van der Waals surface area contributed by atoms with E-state index in [9.17, 15) is 0 Å². The molecule has 0 fully saturated rings. The topological polar surface area (TPSA) is 67.6 Å². The first-order valence-corrected chi connectivity index (χ1v) is 5.79. The molecule has 2 aromatic heterocycles. The number of H-pyrrole nitrogens is 1. The molecule has 0 amide bonds. The van der Waals surface area contributed by atoms with Gasteiger partial charge in [0.05, 0.1) is 11.1 Å². The van der Waals surface area contributed by atoms with Crippen LogP contribution in [0.5, 0.6) is 0 Å². The summed E-state index contributed by atoms with van der Waals surface area (Å²) in [6.07, 6.45) is 0. The van der Waals surface area contributed by atoms with Crippen molar-refractivity contribution in [3.05, 3.63) is 12.7 Å². The Morgan fingerprint density at radius 1 is 1.31 bits per heavy atom. The molecule has 68 valence electrons. The van der Waals surface area contributed by atoms with Gasteiger partial charge in [0.2, 0.25) is 0 Å². The van der Waals surface area contributed by atoms with Gasteiger partial charge >= 0.3 is 0 Å². The van der Waals surface area contributed by atoms with Gasteiger partial charge < -0.3 is 10.7 Å². The van der Waals surface area contributed by atoms with Crippen LogP contribution >= 0.6 is 56.8 Å². The zero-order valence-electron chi connectivity index (χ0n) is 6.11. The number of halogens is 3. The predicted octanol–water partition coefficient (Wildman–Crippen LogP) is 2.40. The van der Waals surface area contributed by atoms with Crippen LogP contribution < -0.4 is 5.73 Å². The lowest BCUT2D eigenvalue weighted by Crippen LogP contribution is -1.90.